The summed E-state index contributed by atoms with van der Waals surface area (Å²) in [5.74, 6) is 0.429. The van der Waals surface area contributed by atoms with Crippen LogP contribution in [0.2, 0.25) is 0 Å². The zero-order valence-corrected chi connectivity index (χ0v) is 24.9. The predicted molar refractivity (Wildman–Crippen MR) is 158 cm³/mol. The number of Topliss-reactive ketones (excluding diaryl/α,β-unsaturated/α-hetero) is 1. The number of hydrogen-bond acceptors (Lipinski definition) is 11. The lowest BCUT2D eigenvalue weighted by Gasteiger charge is -2.42. The fourth-order valence-electron chi connectivity index (χ4n) is 4.97. The molecule has 1 aromatic carbocycles. The number of methoxy groups -OCH3 is 1. The lowest BCUT2D eigenvalue weighted by Crippen LogP contribution is -2.42. The van der Waals surface area contributed by atoms with Crippen LogP contribution in [0.1, 0.15) is 42.4 Å². The van der Waals surface area contributed by atoms with Crippen molar-refractivity contribution in [3.63, 3.8) is 0 Å². The number of rotatable bonds is 7. The molecule has 1 aliphatic heterocycles. The van der Waals surface area contributed by atoms with Gasteiger partial charge in [0, 0.05) is 33.1 Å². The number of ketones is 1. The molecule has 0 radical (unpaired) electrons. The van der Waals surface area contributed by atoms with Gasteiger partial charge in [-0.1, -0.05) is 36.9 Å². The first kappa shape index (κ1) is 27.9. The molecule has 206 valence electrons. The molecule has 2 aliphatic rings. The Kier molecular flexibility index (Phi) is 7.72. The quantitative estimate of drug-likeness (QED) is 0.337. The highest BCUT2D eigenvalue weighted by Crippen LogP contribution is 2.51. The fraction of sp³-hybridized carbons (Fsp3) is 0.321. The summed E-state index contributed by atoms with van der Waals surface area (Å²) in [6, 6.07) is 13.3. The van der Waals surface area contributed by atoms with Crippen LogP contribution in [0.4, 0.5) is 10.8 Å². The second kappa shape index (κ2) is 11.1. The number of benzene rings is 1. The first-order chi connectivity index (χ1) is 19.1. The van der Waals surface area contributed by atoms with Crippen molar-refractivity contribution in [2.75, 3.05) is 23.1 Å². The molecular formula is C28H28N6O3S3. The SMILES string of the molecule is COc1ccc(NC(=O)CSc2nnc(N3C(N)=C(C#N)C(c4ccc(C)s4)C4=C3CC(C)(C)CC4=O)s2)cc1. The number of nitrogens with zero attached hydrogens (tertiary/aromatic N) is 4. The minimum Gasteiger partial charge on any atom is -0.497 e. The van der Waals surface area contributed by atoms with Crippen molar-refractivity contribution in [2.24, 2.45) is 11.1 Å². The molecule has 3 N–H and O–H groups in total. The summed E-state index contributed by atoms with van der Waals surface area (Å²) in [4.78, 5) is 29.9. The molecule has 0 spiro atoms. The number of thioether (sulfide) groups is 1. The van der Waals surface area contributed by atoms with Crippen molar-refractivity contribution >= 4 is 56.9 Å². The van der Waals surface area contributed by atoms with E-state index in [2.05, 4.69) is 35.4 Å². The van der Waals surface area contributed by atoms with E-state index in [-0.39, 0.29) is 28.7 Å². The predicted octanol–water partition coefficient (Wildman–Crippen LogP) is 5.59. The van der Waals surface area contributed by atoms with Gasteiger partial charge in [0.2, 0.25) is 11.0 Å². The second-order valence-corrected chi connectivity index (χ2v) is 13.8. The van der Waals surface area contributed by atoms with Crippen LogP contribution < -0.4 is 20.7 Å². The van der Waals surface area contributed by atoms with Crippen LogP contribution in [0.25, 0.3) is 0 Å². The van der Waals surface area contributed by atoms with Gasteiger partial charge in [0.05, 0.1) is 30.4 Å². The molecule has 3 aromatic rings. The number of carbonyl (C=O) groups excluding carboxylic acids is 2. The monoisotopic (exact) mass is 592 g/mol. The molecule has 0 saturated carbocycles. The summed E-state index contributed by atoms with van der Waals surface area (Å²) in [5, 5.41) is 22.2. The van der Waals surface area contributed by atoms with Crippen molar-refractivity contribution in [3.8, 4) is 11.8 Å². The Morgan fingerprint density at radius 3 is 2.62 bits per heavy atom. The van der Waals surface area contributed by atoms with Gasteiger partial charge in [-0.15, -0.1) is 21.5 Å². The second-order valence-electron chi connectivity index (χ2n) is 10.3. The van der Waals surface area contributed by atoms with Crippen LogP contribution in [0.3, 0.4) is 0 Å². The van der Waals surface area contributed by atoms with Gasteiger partial charge in [-0.3, -0.25) is 14.5 Å². The molecule has 1 amide bonds. The van der Waals surface area contributed by atoms with Gasteiger partial charge in [0.15, 0.2) is 10.1 Å². The van der Waals surface area contributed by atoms with Gasteiger partial charge < -0.3 is 15.8 Å². The zero-order chi connectivity index (χ0) is 28.6. The topological polar surface area (TPSA) is 134 Å². The van der Waals surface area contributed by atoms with E-state index in [1.54, 1.807) is 47.6 Å². The Hall–Kier alpha value is -3.66. The third-order valence-corrected chi connectivity index (χ3v) is 9.82. The van der Waals surface area contributed by atoms with Crippen molar-refractivity contribution in [2.45, 2.75) is 43.9 Å². The summed E-state index contributed by atoms with van der Waals surface area (Å²) < 4.78 is 5.72. The van der Waals surface area contributed by atoms with E-state index in [1.165, 1.54) is 23.1 Å². The summed E-state index contributed by atoms with van der Waals surface area (Å²) in [5.41, 5.74) is 8.76. The average Bonchev–Trinajstić information content (AvgIpc) is 3.55. The number of hydrogen-bond donors (Lipinski definition) is 2. The van der Waals surface area contributed by atoms with Crippen LogP contribution in [-0.2, 0) is 9.59 Å². The highest BCUT2D eigenvalue weighted by atomic mass is 32.2. The van der Waals surface area contributed by atoms with E-state index in [0.29, 0.717) is 44.9 Å². The maximum absolute atomic E-state index is 13.6. The minimum absolute atomic E-state index is 0.0156. The molecule has 3 heterocycles. The number of ether oxygens (including phenoxy) is 1. The van der Waals surface area contributed by atoms with Crippen LogP contribution >= 0.6 is 34.4 Å². The van der Waals surface area contributed by atoms with Gasteiger partial charge in [-0.25, -0.2) is 0 Å². The zero-order valence-electron chi connectivity index (χ0n) is 22.5. The fourth-order valence-corrected chi connectivity index (χ4v) is 7.65. The molecule has 1 aliphatic carbocycles. The Balaban J connectivity index is 1.42. The maximum Gasteiger partial charge on any atom is 0.234 e. The van der Waals surface area contributed by atoms with Crippen LogP contribution in [0.15, 0.2) is 63.4 Å². The van der Waals surface area contributed by atoms with Gasteiger partial charge in [0.1, 0.15) is 11.6 Å². The number of anilines is 2. The molecule has 0 bridgehead atoms. The van der Waals surface area contributed by atoms with Gasteiger partial charge in [-0.2, -0.15) is 5.26 Å². The molecule has 1 unspecified atom stereocenters. The number of nitriles is 1. The van der Waals surface area contributed by atoms with Crippen molar-refractivity contribution in [3.05, 3.63) is 68.8 Å². The van der Waals surface area contributed by atoms with Crippen LogP contribution in [0.5, 0.6) is 5.75 Å². The lowest BCUT2D eigenvalue weighted by atomic mass is 9.70. The van der Waals surface area contributed by atoms with E-state index < -0.39 is 5.92 Å². The van der Waals surface area contributed by atoms with Crippen molar-refractivity contribution in [1.29, 1.82) is 5.26 Å². The molecule has 9 nitrogen and oxygen atoms in total. The maximum atomic E-state index is 13.6. The van der Waals surface area contributed by atoms with Gasteiger partial charge in [-0.05, 0) is 55.2 Å². The van der Waals surface area contributed by atoms with E-state index in [9.17, 15) is 14.9 Å². The lowest BCUT2D eigenvalue weighted by molar-refractivity contribution is -0.118. The molecule has 0 fully saturated rings. The average molecular weight is 593 g/mol. The number of aryl methyl sites for hydroxylation is 1. The van der Waals surface area contributed by atoms with E-state index in [4.69, 9.17) is 10.5 Å². The van der Waals surface area contributed by atoms with Gasteiger partial charge in [0.25, 0.3) is 0 Å². The van der Waals surface area contributed by atoms with E-state index in [1.807, 2.05) is 19.1 Å². The molecule has 2 aromatic heterocycles. The van der Waals surface area contributed by atoms with Crippen LogP contribution in [0, 0.1) is 23.7 Å². The molecular weight excluding hydrogens is 565 g/mol. The highest BCUT2D eigenvalue weighted by Gasteiger charge is 2.45. The minimum atomic E-state index is -0.498. The Bertz CT molecular complexity index is 1580. The number of carbonyl (C=O) groups is 2. The number of amides is 1. The number of aromatic nitrogens is 2. The standard InChI is InChI=1S/C28H28N6O3S3/c1-15-5-10-21(39-15)23-18(13-29)25(30)34(19-11-28(2,3)12-20(35)24(19)23)26-32-33-27(40-26)38-14-22(36)31-16-6-8-17(37-4)9-7-16/h5-10,23H,11-12,14,30H2,1-4H3,(H,31,36). The number of allylic oxidation sites excluding steroid dienone is 3. The molecule has 0 saturated heterocycles. The highest BCUT2D eigenvalue weighted by molar-refractivity contribution is 8.01. The summed E-state index contributed by atoms with van der Waals surface area (Å²) >= 11 is 4.09. The summed E-state index contributed by atoms with van der Waals surface area (Å²) in [6.07, 6.45) is 0.986. The number of nitrogens with one attached hydrogen (secondary N) is 1. The van der Waals surface area contributed by atoms with Crippen molar-refractivity contribution < 1.29 is 14.3 Å². The summed E-state index contributed by atoms with van der Waals surface area (Å²) in [6.45, 7) is 6.11. The normalized spacial score (nSPS) is 18.4. The van der Waals surface area contributed by atoms with Crippen LogP contribution in [-0.4, -0.2) is 34.8 Å². The van der Waals surface area contributed by atoms with E-state index in [0.717, 1.165) is 15.5 Å². The molecule has 5 rings (SSSR count). The molecule has 12 heteroatoms. The Morgan fingerprint density at radius 1 is 1.23 bits per heavy atom. The smallest absolute Gasteiger partial charge is 0.234 e. The third kappa shape index (κ3) is 5.50. The Labute approximate surface area is 244 Å². The summed E-state index contributed by atoms with van der Waals surface area (Å²) in [7, 11) is 1.59. The Morgan fingerprint density at radius 2 is 1.98 bits per heavy atom. The molecule has 40 heavy (non-hydrogen) atoms. The number of thiophene rings is 1. The first-order valence-electron chi connectivity index (χ1n) is 12.5. The first-order valence-corrected chi connectivity index (χ1v) is 15.1. The molecule has 1 atom stereocenters. The largest absolute Gasteiger partial charge is 0.497 e. The number of nitrogens with two attached hydrogens (primary N) is 1. The van der Waals surface area contributed by atoms with E-state index >= 15 is 0 Å². The third-order valence-electron chi connectivity index (χ3n) is 6.71. The van der Waals surface area contributed by atoms with Crippen molar-refractivity contribution in [1.82, 2.24) is 10.2 Å². The van der Waals surface area contributed by atoms with Gasteiger partial charge >= 0.3 is 0 Å².